The van der Waals surface area contributed by atoms with Crippen molar-refractivity contribution < 1.29 is 15.0 Å². The van der Waals surface area contributed by atoms with Crippen LogP contribution in [0.3, 0.4) is 0 Å². The van der Waals surface area contributed by atoms with Crippen molar-refractivity contribution in [2.24, 2.45) is 0 Å². The highest BCUT2D eigenvalue weighted by Crippen LogP contribution is 2.37. The number of piperidine rings is 1. The Bertz CT molecular complexity index is 1390. The summed E-state index contributed by atoms with van der Waals surface area (Å²) in [6.45, 7) is 4.32. The molecule has 0 saturated carbocycles. The number of hydrogen-bond acceptors (Lipinski definition) is 7. The van der Waals surface area contributed by atoms with Gasteiger partial charge in [-0.3, -0.25) is 0 Å². The summed E-state index contributed by atoms with van der Waals surface area (Å²) in [5, 5.41) is 26.9. The summed E-state index contributed by atoms with van der Waals surface area (Å²) in [7, 11) is 0. The van der Waals surface area contributed by atoms with E-state index in [1.54, 1.807) is 0 Å². The third-order valence-electron chi connectivity index (χ3n) is 7.06. The first-order valence-electron chi connectivity index (χ1n) is 12.5. The van der Waals surface area contributed by atoms with E-state index in [0.29, 0.717) is 23.1 Å². The number of aromatic carboxylic acids is 1. The number of benzene rings is 2. The van der Waals surface area contributed by atoms with E-state index >= 15 is 0 Å². The lowest BCUT2D eigenvalue weighted by atomic mass is 10.0. The van der Waals surface area contributed by atoms with Crippen molar-refractivity contribution in [1.29, 1.82) is 0 Å². The van der Waals surface area contributed by atoms with Gasteiger partial charge >= 0.3 is 5.97 Å². The van der Waals surface area contributed by atoms with Crippen molar-refractivity contribution in [1.82, 2.24) is 10.3 Å². The zero-order valence-electron chi connectivity index (χ0n) is 20.4. The van der Waals surface area contributed by atoms with Crippen LogP contribution in [-0.2, 0) is 6.42 Å². The number of pyridine rings is 1. The Morgan fingerprint density at radius 2 is 1.94 bits per heavy atom. The SMILES string of the molecule is CCCc1cc(N2CCC(NCC(O)c3ccc4ccccc4c3)CC2)nc2sc(C(=O)O)c(N)c12. The van der Waals surface area contributed by atoms with Gasteiger partial charge in [0.05, 0.1) is 11.8 Å². The first-order chi connectivity index (χ1) is 17.4. The van der Waals surface area contributed by atoms with E-state index < -0.39 is 12.1 Å². The smallest absolute Gasteiger partial charge is 0.348 e. The molecule has 7 nitrogen and oxygen atoms in total. The molecule has 2 aromatic heterocycles. The minimum absolute atomic E-state index is 0.167. The zero-order chi connectivity index (χ0) is 25.2. The van der Waals surface area contributed by atoms with Crippen LogP contribution in [0.15, 0.2) is 48.5 Å². The third kappa shape index (κ3) is 4.89. The molecule has 36 heavy (non-hydrogen) atoms. The largest absolute Gasteiger partial charge is 0.477 e. The van der Waals surface area contributed by atoms with Gasteiger partial charge in [-0.05, 0) is 53.3 Å². The summed E-state index contributed by atoms with van der Waals surface area (Å²) in [4.78, 5) is 19.6. The standard InChI is InChI=1S/C28H32N4O3S/c1-2-5-20-15-23(31-27-24(20)25(29)26(36-27)28(34)35)32-12-10-21(11-13-32)30-16-22(33)19-9-8-17-6-3-4-7-18(17)14-19/h3-4,6-9,14-15,21-22,30,33H,2,5,10-13,16,29H2,1H3,(H,34,35). The molecule has 8 heteroatoms. The molecule has 188 valence electrons. The summed E-state index contributed by atoms with van der Waals surface area (Å²) < 4.78 is 0. The molecule has 0 amide bonds. The third-order valence-corrected chi connectivity index (χ3v) is 8.15. The van der Waals surface area contributed by atoms with Gasteiger partial charge in [-0.25, -0.2) is 9.78 Å². The van der Waals surface area contributed by atoms with Crippen LogP contribution in [0.25, 0.3) is 21.0 Å². The number of thiophene rings is 1. The number of nitrogens with two attached hydrogens (primary N) is 1. The Morgan fingerprint density at radius 3 is 2.67 bits per heavy atom. The van der Waals surface area contributed by atoms with Gasteiger partial charge in [0.25, 0.3) is 0 Å². The molecule has 1 saturated heterocycles. The number of carboxylic acids is 1. The number of fused-ring (bicyclic) bond motifs is 2. The molecule has 0 spiro atoms. The zero-order valence-corrected chi connectivity index (χ0v) is 21.2. The fraction of sp³-hybridized carbons (Fsp3) is 0.357. The van der Waals surface area contributed by atoms with Crippen molar-refractivity contribution in [2.75, 3.05) is 30.3 Å². The lowest BCUT2D eigenvalue weighted by molar-refractivity contribution is 0.0703. The van der Waals surface area contributed by atoms with Crippen LogP contribution < -0.4 is 16.0 Å². The summed E-state index contributed by atoms with van der Waals surface area (Å²) in [6, 6.07) is 16.7. The van der Waals surface area contributed by atoms with E-state index in [0.717, 1.165) is 77.8 Å². The fourth-order valence-electron chi connectivity index (χ4n) is 5.10. The molecule has 3 heterocycles. The number of anilines is 2. The first kappa shape index (κ1) is 24.5. The van der Waals surface area contributed by atoms with Gasteiger partial charge in [0.2, 0.25) is 0 Å². The molecule has 1 unspecified atom stereocenters. The number of aromatic nitrogens is 1. The molecule has 2 aromatic carbocycles. The highest BCUT2D eigenvalue weighted by Gasteiger charge is 2.24. The monoisotopic (exact) mass is 504 g/mol. The Morgan fingerprint density at radius 1 is 1.19 bits per heavy atom. The van der Waals surface area contributed by atoms with Gasteiger partial charge in [-0.15, -0.1) is 11.3 Å². The van der Waals surface area contributed by atoms with Crippen LogP contribution in [-0.4, -0.2) is 46.8 Å². The van der Waals surface area contributed by atoms with Gasteiger partial charge in [0, 0.05) is 31.1 Å². The molecule has 0 aliphatic carbocycles. The topological polar surface area (TPSA) is 112 Å². The average Bonchev–Trinajstić information content (AvgIpc) is 3.24. The summed E-state index contributed by atoms with van der Waals surface area (Å²) in [5.41, 5.74) is 8.52. The fourth-order valence-corrected chi connectivity index (χ4v) is 6.07. The van der Waals surface area contributed by atoms with E-state index in [2.05, 4.69) is 47.5 Å². The predicted molar refractivity (Wildman–Crippen MR) is 147 cm³/mol. The number of aryl methyl sites for hydroxylation is 1. The molecule has 1 aliphatic rings. The second-order valence-electron chi connectivity index (χ2n) is 9.51. The number of nitrogens with zero attached hydrogens (tertiary/aromatic N) is 2. The molecular formula is C28H32N4O3S. The molecule has 1 fully saturated rings. The quantitative estimate of drug-likeness (QED) is 0.268. The summed E-state index contributed by atoms with van der Waals surface area (Å²) >= 11 is 1.16. The number of carbonyl (C=O) groups is 1. The number of carboxylic acid groups (broad SMARTS) is 1. The maximum Gasteiger partial charge on any atom is 0.348 e. The molecular weight excluding hydrogens is 472 g/mol. The van der Waals surface area contributed by atoms with Gasteiger partial charge in [-0.1, -0.05) is 49.7 Å². The number of nitrogen functional groups attached to an aromatic ring is 1. The van der Waals surface area contributed by atoms with E-state index in [1.165, 1.54) is 5.39 Å². The summed E-state index contributed by atoms with van der Waals surface area (Å²) in [6.07, 6.45) is 3.11. The molecule has 0 radical (unpaired) electrons. The second kappa shape index (κ2) is 10.4. The maximum absolute atomic E-state index is 11.6. The molecule has 1 atom stereocenters. The lowest BCUT2D eigenvalue weighted by Gasteiger charge is -2.34. The predicted octanol–water partition coefficient (Wildman–Crippen LogP) is 4.97. The van der Waals surface area contributed by atoms with E-state index in [9.17, 15) is 15.0 Å². The number of aliphatic hydroxyl groups excluding tert-OH is 1. The van der Waals surface area contributed by atoms with Crippen LogP contribution in [0, 0.1) is 0 Å². The van der Waals surface area contributed by atoms with Crippen molar-refractivity contribution in [3.05, 3.63) is 64.5 Å². The number of hydrogen-bond donors (Lipinski definition) is 4. The van der Waals surface area contributed by atoms with Crippen molar-refractivity contribution >= 4 is 49.8 Å². The molecule has 5 rings (SSSR count). The van der Waals surface area contributed by atoms with Crippen molar-refractivity contribution in [3.63, 3.8) is 0 Å². The normalized spacial score (nSPS) is 15.6. The van der Waals surface area contributed by atoms with E-state index in [-0.39, 0.29) is 4.88 Å². The van der Waals surface area contributed by atoms with Crippen LogP contribution >= 0.6 is 11.3 Å². The molecule has 1 aliphatic heterocycles. The van der Waals surface area contributed by atoms with Crippen LogP contribution in [0.5, 0.6) is 0 Å². The Balaban J connectivity index is 1.23. The van der Waals surface area contributed by atoms with Crippen LogP contribution in [0.4, 0.5) is 11.5 Å². The molecule has 0 bridgehead atoms. The average molecular weight is 505 g/mol. The molecule has 4 aromatic rings. The van der Waals surface area contributed by atoms with Crippen molar-refractivity contribution in [3.8, 4) is 0 Å². The number of rotatable bonds is 8. The lowest BCUT2D eigenvalue weighted by Crippen LogP contribution is -2.44. The summed E-state index contributed by atoms with van der Waals surface area (Å²) in [5.74, 6) is -0.115. The van der Waals surface area contributed by atoms with E-state index in [1.807, 2.05) is 18.2 Å². The number of nitrogens with one attached hydrogen (secondary N) is 1. The highest BCUT2D eigenvalue weighted by molar-refractivity contribution is 7.21. The van der Waals surface area contributed by atoms with Gasteiger partial charge in [0.1, 0.15) is 15.5 Å². The Hall–Kier alpha value is -3.20. The van der Waals surface area contributed by atoms with Crippen molar-refractivity contribution in [2.45, 2.75) is 44.8 Å². The molecule has 5 N–H and O–H groups in total. The van der Waals surface area contributed by atoms with E-state index in [4.69, 9.17) is 10.7 Å². The number of aliphatic hydroxyl groups is 1. The van der Waals surface area contributed by atoms with Gasteiger partial charge in [-0.2, -0.15) is 0 Å². The Labute approximate surface area is 214 Å². The first-order valence-corrected chi connectivity index (χ1v) is 13.4. The van der Waals surface area contributed by atoms with Crippen LogP contribution in [0.1, 0.15) is 53.1 Å². The minimum atomic E-state index is -1.00. The maximum atomic E-state index is 11.6. The second-order valence-corrected chi connectivity index (χ2v) is 10.5. The van der Waals surface area contributed by atoms with Crippen LogP contribution in [0.2, 0.25) is 0 Å². The minimum Gasteiger partial charge on any atom is -0.477 e. The Kier molecular flexibility index (Phi) is 7.09. The van der Waals surface area contributed by atoms with Gasteiger partial charge < -0.3 is 26.2 Å². The van der Waals surface area contributed by atoms with Gasteiger partial charge in [0.15, 0.2) is 0 Å². The highest BCUT2D eigenvalue weighted by atomic mass is 32.1.